The smallest absolute Gasteiger partial charge is 0.329 e. The Morgan fingerprint density at radius 3 is 2.07 bits per heavy atom. The molecule has 0 radical (unpaired) electrons. The van der Waals surface area contributed by atoms with Gasteiger partial charge in [-0.05, 0) is 35.1 Å². The molecule has 0 heterocycles. The van der Waals surface area contributed by atoms with Crippen LogP contribution in [0.2, 0.25) is 0 Å². The first-order valence-corrected chi connectivity index (χ1v) is 10.2. The number of hydrogen-bond acceptors (Lipinski definition) is 4. The molecule has 0 bridgehead atoms. The van der Waals surface area contributed by atoms with Gasteiger partial charge in [-0.15, -0.1) is 0 Å². The molecule has 2 amide bonds. The number of rotatable bonds is 9. The van der Waals surface area contributed by atoms with Gasteiger partial charge in [-0.3, -0.25) is 9.59 Å². The van der Waals surface area contributed by atoms with Crippen molar-refractivity contribution in [2.75, 3.05) is 11.9 Å². The van der Waals surface area contributed by atoms with Crippen LogP contribution >= 0.6 is 0 Å². The van der Waals surface area contributed by atoms with Crippen LogP contribution in [-0.4, -0.2) is 30.4 Å². The summed E-state index contributed by atoms with van der Waals surface area (Å²) < 4.78 is 5.15. The SMILES string of the molecule is CC(C)c1ccc(NC(=O)COC(=O)[C@@H](NC(=O)Cc2ccccc2)C(C)C)cc1. The molecule has 0 fully saturated rings. The Bertz CT molecular complexity index is 845. The summed E-state index contributed by atoms with van der Waals surface area (Å²) in [5.41, 5.74) is 2.66. The lowest BCUT2D eigenvalue weighted by molar-refractivity contribution is -0.151. The van der Waals surface area contributed by atoms with E-state index >= 15 is 0 Å². The van der Waals surface area contributed by atoms with Crippen LogP contribution in [0.5, 0.6) is 0 Å². The fourth-order valence-corrected chi connectivity index (χ4v) is 2.88. The minimum Gasteiger partial charge on any atom is -0.454 e. The Kier molecular flexibility index (Phi) is 8.59. The van der Waals surface area contributed by atoms with Crippen LogP contribution in [0, 0.1) is 5.92 Å². The van der Waals surface area contributed by atoms with Gasteiger partial charge in [0.2, 0.25) is 5.91 Å². The molecule has 0 unspecified atom stereocenters. The lowest BCUT2D eigenvalue weighted by atomic mass is 10.0. The van der Waals surface area contributed by atoms with E-state index in [2.05, 4.69) is 24.5 Å². The van der Waals surface area contributed by atoms with E-state index in [-0.39, 0.29) is 18.2 Å². The molecular formula is C24H30N2O4. The average Bonchev–Trinajstić information content (AvgIpc) is 2.71. The molecule has 6 heteroatoms. The molecule has 0 aliphatic rings. The lowest BCUT2D eigenvalue weighted by Gasteiger charge is -2.21. The summed E-state index contributed by atoms with van der Waals surface area (Å²) in [5, 5.41) is 5.41. The molecule has 160 valence electrons. The standard InChI is InChI=1S/C24H30N2O4/c1-16(2)19-10-12-20(13-11-19)25-22(28)15-30-24(29)23(17(3)4)26-21(27)14-18-8-6-5-7-9-18/h5-13,16-17,23H,14-15H2,1-4H3,(H,25,28)(H,26,27)/t23-/m0/s1. The third-order valence-corrected chi connectivity index (χ3v) is 4.65. The molecule has 30 heavy (non-hydrogen) atoms. The minimum atomic E-state index is -0.820. The minimum absolute atomic E-state index is 0.171. The molecule has 0 aliphatic heterocycles. The Balaban J connectivity index is 1.85. The average molecular weight is 411 g/mol. The van der Waals surface area contributed by atoms with Gasteiger partial charge in [-0.2, -0.15) is 0 Å². The van der Waals surface area contributed by atoms with E-state index in [1.807, 2.05) is 68.4 Å². The van der Waals surface area contributed by atoms with E-state index < -0.39 is 24.5 Å². The summed E-state index contributed by atoms with van der Waals surface area (Å²) in [7, 11) is 0. The van der Waals surface area contributed by atoms with Gasteiger partial charge in [0, 0.05) is 5.69 Å². The molecular weight excluding hydrogens is 380 g/mol. The number of benzene rings is 2. The van der Waals surface area contributed by atoms with Crippen LogP contribution < -0.4 is 10.6 Å². The van der Waals surface area contributed by atoms with Gasteiger partial charge in [0.15, 0.2) is 6.61 Å². The van der Waals surface area contributed by atoms with E-state index in [0.29, 0.717) is 11.6 Å². The summed E-state index contributed by atoms with van der Waals surface area (Å²) >= 11 is 0. The zero-order valence-corrected chi connectivity index (χ0v) is 18.0. The second-order valence-corrected chi connectivity index (χ2v) is 7.88. The van der Waals surface area contributed by atoms with Gasteiger partial charge in [0.25, 0.3) is 5.91 Å². The molecule has 2 rings (SSSR count). The number of carbonyl (C=O) groups is 3. The van der Waals surface area contributed by atoms with Crippen molar-refractivity contribution < 1.29 is 19.1 Å². The predicted octanol–water partition coefficient (Wildman–Crippen LogP) is 3.68. The second-order valence-electron chi connectivity index (χ2n) is 7.88. The molecule has 0 saturated heterocycles. The zero-order chi connectivity index (χ0) is 22.1. The molecule has 2 aromatic carbocycles. The zero-order valence-electron chi connectivity index (χ0n) is 18.0. The third kappa shape index (κ3) is 7.35. The van der Waals surface area contributed by atoms with Gasteiger partial charge in [-0.1, -0.05) is 70.2 Å². The quantitative estimate of drug-likeness (QED) is 0.618. The number of esters is 1. The first-order valence-electron chi connectivity index (χ1n) is 10.2. The van der Waals surface area contributed by atoms with Gasteiger partial charge < -0.3 is 15.4 Å². The van der Waals surface area contributed by atoms with Gasteiger partial charge in [-0.25, -0.2) is 4.79 Å². The molecule has 0 saturated carbocycles. The monoisotopic (exact) mass is 410 g/mol. The fourth-order valence-electron chi connectivity index (χ4n) is 2.88. The van der Waals surface area contributed by atoms with Crippen molar-refractivity contribution >= 4 is 23.5 Å². The summed E-state index contributed by atoms with van der Waals surface area (Å²) in [6, 6.07) is 16.0. The van der Waals surface area contributed by atoms with E-state index in [0.717, 1.165) is 5.56 Å². The van der Waals surface area contributed by atoms with Crippen LogP contribution in [0.25, 0.3) is 0 Å². The highest BCUT2D eigenvalue weighted by atomic mass is 16.5. The fraction of sp³-hybridized carbons (Fsp3) is 0.375. The van der Waals surface area contributed by atoms with Crippen molar-refractivity contribution in [2.45, 2.75) is 46.1 Å². The molecule has 2 N–H and O–H groups in total. The second kappa shape index (κ2) is 11.1. The number of amides is 2. The Morgan fingerprint density at radius 1 is 0.867 bits per heavy atom. The van der Waals surface area contributed by atoms with E-state index in [1.165, 1.54) is 5.56 Å². The highest BCUT2D eigenvalue weighted by molar-refractivity contribution is 5.93. The van der Waals surface area contributed by atoms with Gasteiger partial charge in [0.1, 0.15) is 6.04 Å². The van der Waals surface area contributed by atoms with Crippen molar-refractivity contribution in [1.82, 2.24) is 5.32 Å². The first kappa shape index (κ1) is 23.1. The van der Waals surface area contributed by atoms with E-state index in [1.54, 1.807) is 0 Å². The summed E-state index contributed by atoms with van der Waals surface area (Å²) in [6.07, 6.45) is 0.171. The van der Waals surface area contributed by atoms with Crippen molar-refractivity contribution in [2.24, 2.45) is 5.92 Å². The van der Waals surface area contributed by atoms with E-state index in [4.69, 9.17) is 4.74 Å². The number of nitrogens with one attached hydrogen (secondary N) is 2. The maximum absolute atomic E-state index is 12.4. The number of anilines is 1. The molecule has 2 aromatic rings. The summed E-state index contributed by atoms with van der Waals surface area (Å²) in [6.45, 7) is 7.40. The Labute approximate surface area is 178 Å². The maximum Gasteiger partial charge on any atom is 0.329 e. The molecule has 1 atom stereocenters. The third-order valence-electron chi connectivity index (χ3n) is 4.65. The predicted molar refractivity (Wildman–Crippen MR) is 117 cm³/mol. The van der Waals surface area contributed by atoms with Crippen molar-refractivity contribution in [3.8, 4) is 0 Å². The molecule has 0 aliphatic carbocycles. The van der Waals surface area contributed by atoms with Crippen LogP contribution in [0.15, 0.2) is 54.6 Å². The van der Waals surface area contributed by atoms with Gasteiger partial charge >= 0.3 is 5.97 Å². The molecule has 0 aromatic heterocycles. The summed E-state index contributed by atoms with van der Waals surface area (Å²) in [5.74, 6) is -1.10. The van der Waals surface area contributed by atoms with Crippen LogP contribution in [0.3, 0.4) is 0 Å². The van der Waals surface area contributed by atoms with Crippen molar-refractivity contribution in [3.05, 3.63) is 65.7 Å². The Hall–Kier alpha value is -3.15. The molecule has 6 nitrogen and oxygen atoms in total. The van der Waals surface area contributed by atoms with Crippen molar-refractivity contribution in [1.29, 1.82) is 0 Å². The van der Waals surface area contributed by atoms with Crippen LogP contribution in [-0.2, 0) is 25.5 Å². The van der Waals surface area contributed by atoms with E-state index in [9.17, 15) is 14.4 Å². The topological polar surface area (TPSA) is 84.5 Å². The number of ether oxygens (including phenoxy) is 1. The van der Waals surface area contributed by atoms with Crippen LogP contribution in [0.4, 0.5) is 5.69 Å². The highest BCUT2D eigenvalue weighted by Crippen LogP contribution is 2.17. The van der Waals surface area contributed by atoms with Crippen LogP contribution in [0.1, 0.15) is 44.7 Å². The number of hydrogen-bond donors (Lipinski definition) is 2. The Morgan fingerprint density at radius 2 is 1.50 bits per heavy atom. The lowest BCUT2D eigenvalue weighted by Crippen LogP contribution is -2.46. The maximum atomic E-state index is 12.4. The first-order chi connectivity index (χ1) is 14.3. The number of carbonyl (C=O) groups excluding carboxylic acids is 3. The molecule has 0 spiro atoms. The van der Waals surface area contributed by atoms with Crippen molar-refractivity contribution in [3.63, 3.8) is 0 Å². The largest absolute Gasteiger partial charge is 0.454 e. The van der Waals surface area contributed by atoms with Gasteiger partial charge in [0.05, 0.1) is 6.42 Å². The summed E-state index contributed by atoms with van der Waals surface area (Å²) in [4.78, 5) is 36.8. The normalized spacial score (nSPS) is 11.8. The highest BCUT2D eigenvalue weighted by Gasteiger charge is 2.26.